The zero-order valence-corrected chi connectivity index (χ0v) is 12.2. The second-order valence-electron chi connectivity index (χ2n) is 5.71. The van der Waals surface area contributed by atoms with Gasteiger partial charge >= 0.3 is 0 Å². The highest BCUT2D eigenvalue weighted by Crippen LogP contribution is 2.33. The monoisotopic (exact) mass is 256 g/mol. The smallest absolute Gasteiger partial charge is 0.0431 e. The van der Waals surface area contributed by atoms with E-state index in [0.29, 0.717) is 12.1 Å². The number of nitrogens with two attached hydrogens (primary N) is 1. The van der Waals surface area contributed by atoms with Crippen LogP contribution < -0.4 is 5.73 Å². The maximum atomic E-state index is 8.78. The lowest BCUT2D eigenvalue weighted by atomic mass is 9.80. The molecule has 1 rings (SSSR count). The largest absolute Gasteiger partial charge is 0.396 e. The molecule has 0 aromatic rings. The summed E-state index contributed by atoms with van der Waals surface area (Å²) in [5.74, 6) is 0. The van der Waals surface area contributed by atoms with E-state index in [1.165, 1.54) is 51.5 Å². The molecular weight excluding hydrogens is 224 g/mol. The normalized spacial score (nSPS) is 19.3. The Labute approximate surface area is 113 Å². The van der Waals surface area contributed by atoms with Gasteiger partial charge in [0.15, 0.2) is 0 Å². The highest BCUT2D eigenvalue weighted by atomic mass is 16.2. The quantitative estimate of drug-likeness (QED) is 0.623. The average molecular weight is 256 g/mol. The zero-order chi connectivity index (χ0) is 13.3. The molecule has 0 heterocycles. The van der Waals surface area contributed by atoms with Gasteiger partial charge in [0, 0.05) is 18.7 Å². The summed E-state index contributed by atoms with van der Waals surface area (Å²) in [7, 11) is 0. The summed E-state index contributed by atoms with van der Waals surface area (Å²) in [4.78, 5) is 2.63. The molecule has 1 aliphatic carbocycles. The van der Waals surface area contributed by atoms with Crippen molar-refractivity contribution in [3.63, 3.8) is 0 Å². The van der Waals surface area contributed by atoms with Gasteiger partial charge < -0.3 is 10.8 Å². The average Bonchev–Trinajstić information content (AvgIpc) is 2.43. The fraction of sp³-hybridized carbons (Fsp3) is 1.00. The van der Waals surface area contributed by atoms with E-state index in [-0.39, 0.29) is 0 Å². The summed E-state index contributed by atoms with van der Waals surface area (Å²) in [6.45, 7) is 5.72. The molecule has 1 aliphatic rings. The van der Waals surface area contributed by atoms with E-state index in [0.717, 1.165) is 25.9 Å². The number of nitrogens with zero attached hydrogens (tertiary/aromatic N) is 1. The Morgan fingerprint density at radius 1 is 1.06 bits per heavy atom. The number of aliphatic hydroxyl groups is 1. The van der Waals surface area contributed by atoms with Crippen LogP contribution in [0, 0.1) is 0 Å². The van der Waals surface area contributed by atoms with Crippen LogP contribution in [0.1, 0.15) is 64.7 Å². The standard InChI is InChI=1S/C15H32N2O/c1-2-17(12-8-3-4-9-13-18)15(14-16)10-6-5-7-11-15/h18H,2-14,16H2,1H3. The maximum absolute atomic E-state index is 8.78. The lowest BCUT2D eigenvalue weighted by Gasteiger charge is -2.46. The number of hydrogen-bond donors (Lipinski definition) is 2. The molecule has 0 aromatic carbocycles. The first-order valence-electron chi connectivity index (χ1n) is 7.85. The van der Waals surface area contributed by atoms with Crippen molar-refractivity contribution in [3.05, 3.63) is 0 Å². The third kappa shape index (κ3) is 4.52. The fourth-order valence-corrected chi connectivity index (χ4v) is 3.36. The van der Waals surface area contributed by atoms with Gasteiger partial charge in [-0.15, -0.1) is 0 Å². The van der Waals surface area contributed by atoms with Crippen LogP contribution in [0.2, 0.25) is 0 Å². The zero-order valence-electron chi connectivity index (χ0n) is 12.2. The van der Waals surface area contributed by atoms with E-state index in [1.54, 1.807) is 0 Å². The molecule has 1 fully saturated rings. The van der Waals surface area contributed by atoms with Crippen LogP contribution in [0.25, 0.3) is 0 Å². The third-order valence-electron chi connectivity index (χ3n) is 4.55. The molecule has 3 N–H and O–H groups in total. The van der Waals surface area contributed by atoms with Gasteiger partial charge in [-0.2, -0.15) is 0 Å². The van der Waals surface area contributed by atoms with Gasteiger partial charge in [-0.05, 0) is 38.8 Å². The van der Waals surface area contributed by atoms with Gasteiger partial charge in [-0.3, -0.25) is 4.90 Å². The number of aliphatic hydroxyl groups excluding tert-OH is 1. The van der Waals surface area contributed by atoms with Gasteiger partial charge in [0.05, 0.1) is 0 Å². The van der Waals surface area contributed by atoms with E-state index in [1.807, 2.05) is 0 Å². The Bertz CT molecular complexity index is 203. The maximum Gasteiger partial charge on any atom is 0.0431 e. The molecule has 0 bridgehead atoms. The van der Waals surface area contributed by atoms with Crippen LogP contribution in [0.3, 0.4) is 0 Å². The first-order chi connectivity index (χ1) is 8.79. The molecule has 1 saturated carbocycles. The molecular formula is C15H32N2O. The molecule has 0 unspecified atom stereocenters. The van der Waals surface area contributed by atoms with E-state index in [4.69, 9.17) is 10.8 Å². The van der Waals surface area contributed by atoms with Crippen LogP contribution in [0.15, 0.2) is 0 Å². The van der Waals surface area contributed by atoms with Crippen molar-refractivity contribution in [2.45, 2.75) is 70.3 Å². The number of hydrogen-bond acceptors (Lipinski definition) is 3. The van der Waals surface area contributed by atoms with E-state index < -0.39 is 0 Å². The molecule has 3 nitrogen and oxygen atoms in total. The Kier molecular flexibility index (Phi) is 7.87. The molecule has 0 saturated heterocycles. The molecule has 0 aliphatic heterocycles. The molecule has 0 amide bonds. The van der Waals surface area contributed by atoms with Crippen LogP contribution in [-0.4, -0.2) is 41.8 Å². The minimum atomic E-state index is 0.296. The molecule has 3 heteroatoms. The second-order valence-corrected chi connectivity index (χ2v) is 5.71. The molecule has 0 aromatic heterocycles. The summed E-state index contributed by atoms with van der Waals surface area (Å²) in [6, 6.07) is 0. The van der Waals surface area contributed by atoms with Gasteiger partial charge in [-0.1, -0.05) is 39.0 Å². The first-order valence-corrected chi connectivity index (χ1v) is 7.85. The highest BCUT2D eigenvalue weighted by Gasteiger charge is 2.35. The summed E-state index contributed by atoms with van der Waals surface area (Å²) in [5, 5.41) is 8.78. The minimum Gasteiger partial charge on any atom is -0.396 e. The number of likely N-dealkylation sites (N-methyl/N-ethyl adjacent to an activating group) is 1. The first kappa shape index (κ1) is 15.9. The molecule has 0 spiro atoms. The summed E-state index contributed by atoms with van der Waals surface area (Å²) >= 11 is 0. The van der Waals surface area contributed by atoms with Gasteiger partial charge in [0.2, 0.25) is 0 Å². The minimum absolute atomic E-state index is 0.296. The van der Waals surface area contributed by atoms with Crippen molar-refractivity contribution in [2.24, 2.45) is 5.73 Å². The highest BCUT2D eigenvalue weighted by molar-refractivity contribution is 4.93. The topological polar surface area (TPSA) is 49.5 Å². The SMILES string of the molecule is CCN(CCCCCCO)C1(CN)CCCCC1. The summed E-state index contributed by atoms with van der Waals surface area (Å²) in [6.07, 6.45) is 11.2. The molecule has 18 heavy (non-hydrogen) atoms. The second kappa shape index (κ2) is 8.89. The van der Waals surface area contributed by atoms with Crippen molar-refractivity contribution >= 4 is 0 Å². The van der Waals surface area contributed by atoms with Crippen molar-refractivity contribution in [2.75, 3.05) is 26.2 Å². The van der Waals surface area contributed by atoms with Gasteiger partial charge in [-0.25, -0.2) is 0 Å². The Balaban J connectivity index is 2.37. The lowest BCUT2D eigenvalue weighted by molar-refractivity contribution is 0.0600. The third-order valence-corrected chi connectivity index (χ3v) is 4.55. The van der Waals surface area contributed by atoms with E-state index >= 15 is 0 Å². The predicted octanol–water partition coefficient (Wildman–Crippen LogP) is 2.52. The van der Waals surface area contributed by atoms with Crippen molar-refractivity contribution < 1.29 is 5.11 Å². The Morgan fingerprint density at radius 2 is 1.72 bits per heavy atom. The lowest BCUT2D eigenvalue weighted by Crippen LogP contribution is -2.55. The van der Waals surface area contributed by atoms with Crippen LogP contribution in [0.4, 0.5) is 0 Å². The summed E-state index contributed by atoms with van der Waals surface area (Å²) < 4.78 is 0. The molecule has 0 atom stereocenters. The molecule has 0 radical (unpaired) electrons. The van der Waals surface area contributed by atoms with Gasteiger partial charge in [0.1, 0.15) is 0 Å². The van der Waals surface area contributed by atoms with Crippen LogP contribution >= 0.6 is 0 Å². The van der Waals surface area contributed by atoms with Crippen molar-refractivity contribution in [1.29, 1.82) is 0 Å². The van der Waals surface area contributed by atoms with Crippen molar-refractivity contribution in [1.82, 2.24) is 4.90 Å². The van der Waals surface area contributed by atoms with E-state index in [9.17, 15) is 0 Å². The van der Waals surface area contributed by atoms with Crippen molar-refractivity contribution in [3.8, 4) is 0 Å². The Hall–Kier alpha value is -0.120. The van der Waals surface area contributed by atoms with E-state index in [2.05, 4.69) is 11.8 Å². The molecule has 108 valence electrons. The number of rotatable bonds is 9. The van der Waals surface area contributed by atoms with Crippen LogP contribution in [-0.2, 0) is 0 Å². The van der Waals surface area contributed by atoms with Gasteiger partial charge in [0.25, 0.3) is 0 Å². The Morgan fingerprint density at radius 3 is 2.28 bits per heavy atom. The predicted molar refractivity (Wildman–Crippen MR) is 77.7 cm³/mol. The van der Waals surface area contributed by atoms with Crippen LogP contribution in [0.5, 0.6) is 0 Å². The summed E-state index contributed by atoms with van der Waals surface area (Å²) in [5.41, 5.74) is 6.39. The fourth-order valence-electron chi connectivity index (χ4n) is 3.36. The number of unbranched alkanes of at least 4 members (excludes halogenated alkanes) is 3.